The SMILES string of the molecule is Cc1ccc(C(=O)OC2CC(n3cnc4c(Cl)ccnc43)O[C@@H]2Cc2cc(C)ccc2C(=O)O)cc1. The van der Waals surface area contributed by atoms with Crippen LogP contribution in [0.25, 0.3) is 11.2 Å². The lowest BCUT2D eigenvalue weighted by Gasteiger charge is -2.20. The number of halogens is 1. The fraction of sp³-hybridized carbons (Fsp3) is 0.259. The van der Waals surface area contributed by atoms with Crippen LogP contribution < -0.4 is 0 Å². The Kier molecular flexibility index (Phi) is 6.47. The topological polar surface area (TPSA) is 104 Å². The molecule has 0 radical (unpaired) electrons. The van der Waals surface area contributed by atoms with Gasteiger partial charge in [-0.3, -0.25) is 4.57 Å². The highest BCUT2D eigenvalue weighted by atomic mass is 35.5. The van der Waals surface area contributed by atoms with Crippen molar-refractivity contribution in [3.8, 4) is 0 Å². The van der Waals surface area contributed by atoms with Gasteiger partial charge in [0.05, 0.1) is 22.5 Å². The van der Waals surface area contributed by atoms with Crippen LogP contribution in [-0.2, 0) is 15.9 Å². The Morgan fingerprint density at radius 1 is 1.11 bits per heavy atom. The molecule has 1 aliphatic rings. The van der Waals surface area contributed by atoms with Crippen LogP contribution in [0.1, 0.15) is 50.1 Å². The molecule has 0 spiro atoms. The molecule has 9 heteroatoms. The Bertz CT molecular complexity index is 1450. The molecule has 1 aliphatic heterocycles. The number of hydrogen-bond donors (Lipinski definition) is 1. The number of nitrogens with zero attached hydrogens (tertiary/aromatic N) is 3. The number of rotatable bonds is 6. The smallest absolute Gasteiger partial charge is 0.338 e. The van der Waals surface area contributed by atoms with E-state index >= 15 is 0 Å². The van der Waals surface area contributed by atoms with Gasteiger partial charge in [-0.1, -0.05) is 47.0 Å². The van der Waals surface area contributed by atoms with Crippen molar-refractivity contribution in [2.45, 2.75) is 45.1 Å². The molecular formula is C27H24ClN3O5. The quantitative estimate of drug-likeness (QED) is 0.361. The van der Waals surface area contributed by atoms with Crippen LogP contribution in [0.3, 0.4) is 0 Å². The van der Waals surface area contributed by atoms with E-state index in [1.807, 2.05) is 32.0 Å². The number of fused-ring (bicyclic) bond motifs is 1. The first-order valence-electron chi connectivity index (χ1n) is 11.5. The first kappa shape index (κ1) is 24.0. The second kappa shape index (κ2) is 9.72. The molecule has 0 saturated carbocycles. The number of imidazole rings is 1. The minimum Gasteiger partial charge on any atom is -0.478 e. The summed E-state index contributed by atoms with van der Waals surface area (Å²) in [5.41, 5.74) is 4.31. The first-order chi connectivity index (χ1) is 17.3. The number of aryl methyl sites for hydroxylation is 2. The van der Waals surface area contributed by atoms with Crippen LogP contribution in [0.4, 0.5) is 0 Å². The van der Waals surface area contributed by atoms with Gasteiger partial charge in [-0.05, 0) is 43.7 Å². The maximum absolute atomic E-state index is 13.0. The average Bonchev–Trinajstić information content (AvgIpc) is 3.44. The molecule has 1 fully saturated rings. The maximum atomic E-state index is 13.0. The Morgan fingerprint density at radius 3 is 2.61 bits per heavy atom. The van der Waals surface area contributed by atoms with E-state index in [9.17, 15) is 14.7 Å². The second-order valence-electron chi connectivity index (χ2n) is 8.96. The molecule has 2 aromatic carbocycles. The number of benzene rings is 2. The first-order valence-corrected chi connectivity index (χ1v) is 11.9. The molecule has 0 aliphatic carbocycles. The number of esters is 1. The highest BCUT2D eigenvalue weighted by Crippen LogP contribution is 2.36. The lowest BCUT2D eigenvalue weighted by Crippen LogP contribution is -2.29. The highest BCUT2D eigenvalue weighted by molar-refractivity contribution is 6.34. The summed E-state index contributed by atoms with van der Waals surface area (Å²) < 4.78 is 14.1. The molecule has 3 atom stereocenters. The van der Waals surface area contributed by atoms with Gasteiger partial charge in [-0.25, -0.2) is 19.6 Å². The molecular weight excluding hydrogens is 482 g/mol. The van der Waals surface area contributed by atoms with E-state index in [2.05, 4.69) is 9.97 Å². The average molecular weight is 506 g/mol. The van der Waals surface area contributed by atoms with Crippen LogP contribution in [0.2, 0.25) is 5.02 Å². The van der Waals surface area contributed by atoms with Gasteiger partial charge in [0.1, 0.15) is 24.0 Å². The van der Waals surface area contributed by atoms with Crippen molar-refractivity contribution in [1.82, 2.24) is 14.5 Å². The number of hydrogen-bond acceptors (Lipinski definition) is 6. The monoisotopic (exact) mass is 505 g/mol. The predicted molar refractivity (Wildman–Crippen MR) is 133 cm³/mol. The third-order valence-electron chi connectivity index (χ3n) is 6.36. The molecule has 1 saturated heterocycles. The van der Waals surface area contributed by atoms with Gasteiger partial charge in [-0.2, -0.15) is 0 Å². The molecule has 1 N–H and O–H groups in total. The van der Waals surface area contributed by atoms with Crippen molar-refractivity contribution in [2.24, 2.45) is 0 Å². The molecule has 2 unspecified atom stereocenters. The van der Waals surface area contributed by atoms with Gasteiger partial charge in [-0.15, -0.1) is 0 Å². The zero-order valence-electron chi connectivity index (χ0n) is 19.7. The summed E-state index contributed by atoms with van der Waals surface area (Å²) in [6.07, 6.45) is 2.06. The minimum absolute atomic E-state index is 0.192. The normalized spacial score (nSPS) is 19.5. The number of pyridine rings is 1. The van der Waals surface area contributed by atoms with Crippen LogP contribution in [-0.4, -0.2) is 43.8 Å². The third-order valence-corrected chi connectivity index (χ3v) is 6.67. The molecule has 5 rings (SSSR count). The maximum Gasteiger partial charge on any atom is 0.338 e. The fourth-order valence-electron chi connectivity index (χ4n) is 4.50. The van der Waals surface area contributed by atoms with E-state index in [0.29, 0.717) is 33.7 Å². The second-order valence-corrected chi connectivity index (χ2v) is 9.37. The number of ether oxygens (including phenoxy) is 2. The predicted octanol–water partition coefficient (Wildman–Crippen LogP) is 5.16. The largest absolute Gasteiger partial charge is 0.478 e. The van der Waals surface area contributed by atoms with E-state index in [1.54, 1.807) is 47.4 Å². The van der Waals surface area contributed by atoms with E-state index in [4.69, 9.17) is 21.1 Å². The van der Waals surface area contributed by atoms with Gasteiger partial charge in [0.2, 0.25) is 0 Å². The molecule has 2 aromatic heterocycles. The van der Waals surface area contributed by atoms with Crippen molar-refractivity contribution < 1.29 is 24.2 Å². The van der Waals surface area contributed by atoms with Gasteiger partial charge in [0.25, 0.3) is 0 Å². The molecule has 184 valence electrons. The molecule has 4 aromatic rings. The van der Waals surface area contributed by atoms with Crippen molar-refractivity contribution >= 4 is 34.7 Å². The molecule has 0 amide bonds. The lowest BCUT2D eigenvalue weighted by atomic mass is 9.97. The van der Waals surface area contributed by atoms with Gasteiger partial charge in [0, 0.05) is 19.0 Å². The number of carboxylic acid groups (broad SMARTS) is 1. The summed E-state index contributed by atoms with van der Waals surface area (Å²) in [5, 5.41) is 10.2. The lowest BCUT2D eigenvalue weighted by molar-refractivity contribution is -0.0268. The van der Waals surface area contributed by atoms with Crippen LogP contribution in [0.5, 0.6) is 0 Å². The van der Waals surface area contributed by atoms with Crippen molar-refractivity contribution in [3.05, 3.63) is 93.9 Å². The van der Waals surface area contributed by atoms with Crippen LogP contribution in [0, 0.1) is 13.8 Å². The Morgan fingerprint density at radius 2 is 1.86 bits per heavy atom. The summed E-state index contributed by atoms with van der Waals surface area (Å²) in [7, 11) is 0. The van der Waals surface area contributed by atoms with Gasteiger partial charge in [0.15, 0.2) is 5.65 Å². The number of carboxylic acids is 1. The van der Waals surface area contributed by atoms with Crippen molar-refractivity contribution in [1.29, 1.82) is 0 Å². The fourth-order valence-corrected chi connectivity index (χ4v) is 4.69. The zero-order valence-corrected chi connectivity index (χ0v) is 20.5. The number of carbonyl (C=O) groups is 2. The minimum atomic E-state index is -1.02. The molecule has 36 heavy (non-hydrogen) atoms. The Hall–Kier alpha value is -3.75. The van der Waals surface area contributed by atoms with Gasteiger partial charge >= 0.3 is 11.9 Å². The number of aromatic carboxylic acids is 1. The van der Waals surface area contributed by atoms with Crippen LogP contribution >= 0.6 is 11.6 Å². The summed E-state index contributed by atoms with van der Waals surface area (Å²) in [5.74, 6) is -1.49. The summed E-state index contributed by atoms with van der Waals surface area (Å²) in [6, 6.07) is 14.0. The third kappa shape index (κ3) is 4.69. The van der Waals surface area contributed by atoms with Crippen LogP contribution in [0.15, 0.2) is 61.1 Å². The summed E-state index contributed by atoms with van der Waals surface area (Å²) >= 11 is 6.27. The summed E-state index contributed by atoms with van der Waals surface area (Å²) in [4.78, 5) is 33.6. The van der Waals surface area contributed by atoms with Crippen molar-refractivity contribution in [3.63, 3.8) is 0 Å². The highest BCUT2D eigenvalue weighted by Gasteiger charge is 2.40. The molecule has 0 bridgehead atoms. The number of aromatic nitrogens is 3. The number of carbonyl (C=O) groups excluding carboxylic acids is 1. The van der Waals surface area contributed by atoms with E-state index in [-0.39, 0.29) is 12.0 Å². The van der Waals surface area contributed by atoms with Gasteiger partial charge < -0.3 is 14.6 Å². The summed E-state index contributed by atoms with van der Waals surface area (Å²) in [6.45, 7) is 3.84. The molecule has 3 heterocycles. The van der Waals surface area contributed by atoms with E-state index in [1.165, 1.54) is 0 Å². The Labute approximate surface area is 212 Å². The van der Waals surface area contributed by atoms with Crippen molar-refractivity contribution in [2.75, 3.05) is 0 Å². The van der Waals surface area contributed by atoms with E-state index < -0.39 is 30.4 Å². The molecule has 8 nitrogen and oxygen atoms in total. The standard InChI is InChI=1S/C27H24ClN3O5/c1-15-3-6-17(7-4-15)27(34)36-22-13-23(31-14-30-24-20(28)9-10-29-25(24)31)35-21(22)12-18-11-16(2)5-8-19(18)26(32)33/h3-11,14,21-23H,12-13H2,1-2H3,(H,32,33)/t21-,22?,23?/m1/s1. The van der Waals surface area contributed by atoms with E-state index in [0.717, 1.165) is 11.1 Å². The Balaban J connectivity index is 1.47. The zero-order chi connectivity index (χ0) is 25.4.